The van der Waals surface area contributed by atoms with Gasteiger partial charge in [0.2, 0.25) is 11.8 Å². The Morgan fingerprint density at radius 3 is 2.44 bits per heavy atom. The van der Waals surface area contributed by atoms with E-state index in [-0.39, 0.29) is 43.5 Å². The van der Waals surface area contributed by atoms with E-state index >= 15 is 0 Å². The molecule has 0 aliphatic heterocycles. The SMILES string of the molecule is N/C=C(\C=C(N)N)CNC(=O)CC1CC(F)(F)C1. The van der Waals surface area contributed by atoms with Crippen LogP contribution in [-0.4, -0.2) is 18.4 Å². The molecule has 0 unspecified atom stereocenters. The van der Waals surface area contributed by atoms with Gasteiger partial charge in [0.15, 0.2) is 0 Å². The van der Waals surface area contributed by atoms with Crippen molar-refractivity contribution in [3.8, 4) is 0 Å². The van der Waals surface area contributed by atoms with Gasteiger partial charge in [0.25, 0.3) is 0 Å². The molecule has 0 heterocycles. The molecule has 1 rings (SSSR count). The van der Waals surface area contributed by atoms with Gasteiger partial charge in [0.05, 0.1) is 5.82 Å². The van der Waals surface area contributed by atoms with Crippen LogP contribution in [0, 0.1) is 5.92 Å². The summed E-state index contributed by atoms with van der Waals surface area (Å²) >= 11 is 0. The highest BCUT2D eigenvalue weighted by Crippen LogP contribution is 2.43. The molecular weight excluding hydrogens is 242 g/mol. The van der Waals surface area contributed by atoms with E-state index in [2.05, 4.69) is 5.32 Å². The lowest BCUT2D eigenvalue weighted by Gasteiger charge is -2.34. The van der Waals surface area contributed by atoms with Crippen molar-refractivity contribution in [1.82, 2.24) is 5.32 Å². The zero-order valence-electron chi connectivity index (χ0n) is 9.96. The van der Waals surface area contributed by atoms with Gasteiger partial charge in [-0.1, -0.05) is 0 Å². The van der Waals surface area contributed by atoms with Crippen LogP contribution in [0.5, 0.6) is 0 Å². The molecule has 18 heavy (non-hydrogen) atoms. The number of halogens is 2. The first-order chi connectivity index (χ1) is 8.32. The smallest absolute Gasteiger partial charge is 0.248 e. The predicted molar refractivity (Wildman–Crippen MR) is 64.0 cm³/mol. The van der Waals surface area contributed by atoms with Crippen LogP contribution in [0.4, 0.5) is 8.78 Å². The number of hydrogen-bond donors (Lipinski definition) is 4. The van der Waals surface area contributed by atoms with Crippen molar-refractivity contribution in [2.45, 2.75) is 25.2 Å². The summed E-state index contributed by atoms with van der Waals surface area (Å²) in [5, 5.41) is 2.58. The van der Waals surface area contributed by atoms with E-state index in [1.807, 2.05) is 0 Å². The van der Waals surface area contributed by atoms with Crippen LogP contribution in [0.25, 0.3) is 0 Å². The van der Waals surface area contributed by atoms with Crippen molar-refractivity contribution >= 4 is 5.91 Å². The number of carbonyl (C=O) groups excluding carboxylic acids is 1. The van der Waals surface area contributed by atoms with Gasteiger partial charge in [0, 0.05) is 25.8 Å². The van der Waals surface area contributed by atoms with Gasteiger partial charge in [-0.15, -0.1) is 0 Å². The summed E-state index contributed by atoms with van der Waals surface area (Å²) in [5.41, 5.74) is 16.4. The molecule has 0 radical (unpaired) electrons. The first-order valence-corrected chi connectivity index (χ1v) is 5.60. The third-order valence-corrected chi connectivity index (χ3v) is 2.70. The van der Waals surface area contributed by atoms with Crippen molar-refractivity contribution in [1.29, 1.82) is 0 Å². The highest BCUT2D eigenvalue weighted by molar-refractivity contribution is 5.76. The van der Waals surface area contributed by atoms with Crippen molar-refractivity contribution in [2.75, 3.05) is 6.54 Å². The zero-order chi connectivity index (χ0) is 13.8. The Balaban J connectivity index is 2.27. The summed E-state index contributed by atoms with van der Waals surface area (Å²) in [7, 11) is 0. The first kappa shape index (κ1) is 14.3. The molecule has 0 atom stereocenters. The lowest BCUT2D eigenvalue weighted by Crippen LogP contribution is -2.39. The molecule has 1 aliphatic carbocycles. The molecule has 5 nitrogen and oxygen atoms in total. The fourth-order valence-electron chi connectivity index (χ4n) is 1.84. The van der Waals surface area contributed by atoms with Crippen LogP contribution in [0.15, 0.2) is 23.7 Å². The zero-order valence-corrected chi connectivity index (χ0v) is 9.96. The minimum atomic E-state index is -2.59. The number of hydrogen-bond acceptors (Lipinski definition) is 4. The number of nitrogens with one attached hydrogen (secondary N) is 1. The average molecular weight is 260 g/mol. The predicted octanol–water partition coefficient (Wildman–Crippen LogP) is 0.139. The van der Waals surface area contributed by atoms with Gasteiger partial charge in [-0.05, 0) is 23.8 Å². The van der Waals surface area contributed by atoms with Gasteiger partial charge in [-0.2, -0.15) is 0 Å². The van der Waals surface area contributed by atoms with E-state index in [0.717, 1.165) is 0 Å². The molecule has 1 fully saturated rings. The second-order valence-electron chi connectivity index (χ2n) is 4.50. The van der Waals surface area contributed by atoms with Crippen molar-refractivity contribution < 1.29 is 13.6 Å². The lowest BCUT2D eigenvalue weighted by molar-refractivity contribution is -0.133. The third-order valence-electron chi connectivity index (χ3n) is 2.70. The molecule has 1 amide bonds. The van der Waals surface area contributed by atoms with Crippen molar-refractivity contribution in [3.05, 3.63) is 23.7 Å². The van der Waals surface area contributed by atoms with Crippen LogP contribution in [0.3, 0.4) is 0 Å². The molecule has 0 aromatic rings. The number of carbonyl (C=O) groups is 1. The molecule has 0 saturated heterocycles. The molecule has 0 aromatic heterocycles. The second-order valence-corrected chi connectivity index (χ2v) is 4.50. The van der Waals surface area contributed by atoms with E-state index in [4.69, 9.17) is 17.2 Å². The van der Waals surface area contributed by atoms with Gasteiger partial charge in [-0.25, -0.2) is 8.78 Å². The van der Waals surface area contributed by atoms with E-state index in [9.17, 15) is 13.6 Å². The Kier molecular flexibility index (Phi) is 4.52. The fourth-order valence-corrected chi connectivity index (χ4v) is 1.84. The molecule has 0 bridgehead atoms. The number of rotatable bonds is 5. The lowest BCUT2D eigenvalue weighted by atomic mass is 9.79. The van der Waals surface area contributed by atoms with Crippen molar-refractivity contribution in [3.63, 3.8) is 0 Å². The Morgan fingerprint density at radius 1 is 1.39 bits per heavy atom. The number of nitrogens with two attached hydrogens (primary N) is 3. The minimum Gasteiger partial charge on any atom is -0.404 e. The maximum atomic E-state index is 12.6. The van der Waals surface area contributed by atoms with E-state index in [1.165, 1.54) is 12.3 Å². The summed E-state index contributed by atoms with van der Waals surface area (Å²) in [5.74, 6) is -3.02. The van der Waals surface area contributed by atoms with Crippen LogP contribution >= 0.6 is 0 Å². The topological polar surface area (TPSA) is 107 Å². The molecular formula is C11H18F2N4O. The maximum Gasteiger partial charge on any atom is 0.248 e. The summed E-state index contributed by atoms with van der Waals surface area (Å²) in [6.45, 7) is 0.177. The Morgan fingerprint density at radius 2 is 2.00 bits per heavy atom. The summed E-state index contributed by atoms with van der Waals surface area (Å²) in [4.78, 5) is 11.5. The molecule has 102 valence electrons. The van der Waals surface area contributed by atoms with E-state index < -0.39 is 5.92 Å². The van der Waals surface area contributed by atoms with Crippen molar-refractivity contribution in [2.24, 2.45) is 23.1 Å². The Hall–Kier alpha value is -1.79. The normalized spacial score (nSPS) is 18.9. The maximum absolute atomic E-state index is 12.6. The third kappa shape index (κ3) is 4.60. The van der Waals surface area contributed by atoms with Crippen LogP contribution < -0.4 is 22.5 Å². The highest BCUT2D eigenvalue weighted by atomic mass is 19.3. The van der Waals surface area contributed by atoms with Crippen LogP contribution in [0.1, 0.15) is 19.3 Å². The molecule has 0 aromatic carbocycles. The molecule has 1 aliphatic rings. The van der Waals surface area contributed by atoms with Crippen LogP contribution in [-0.2, 0) is 4.79 Å². The van der Waals surface area contributed by atoms with Gasteiger partial charge >= 0.3 is 0 Å². The van der Waals surface area contributed by atoms with Crippen LogP contribution in [0.2, 0.25) is 0 Å². The molecule has 7 N–H and O–H groups in total. The van der Waals surface area contributed by atoms with E-state index in [0.29, 0.717) is 5.57 Å². The molecule has 7 heteroatoms. The standard InChI is InChI=1S/C11H18F2N4O/c12-11(13)3-7(4-11)2-10(18)17-6-8(5-14)1-9(15)16/h1,5,7H,2-4,6,14-16H2,(H,17,18)/b8-5+. The average Bonchev–Trinajstić information content (AvgIpc) is 2.21. The summed E-state index contributed by atoms with van der Waals surface area (Å²) < 4.78 is 25.1. The van der Waals surface area contributed by atoms with Gasteiger partial charge < -0.3 is 22.5 Å². The quantitative estimate of drug-likeness (QED) is 0.527. The fraction of sp³-hybridized carbons (Fsp3) is 0.545. The van der Waals surface area contributed by atoms with E-state index in [1.54, 1.807) is 0 Å². The Bertz CT molecular complexity index is 367. The molecule has 1 saturated carbocycles. The monoisotopic (exact) mass is 260 g/mol. The second kappa shape index (κ2) is 5.70. The van der Waals surface area contributed by atoms with Gasteiger partial charge in [0.1, 0.15) is 0 Å². The highest BCUT2D eigenvalue weighted by Gasteiger charge is 2.45. The summed E-state index contributed by atoms with van der Waals surface area (Å²) in [6, 6.07) is 0. The Labute approximate surface area is 104 Å². The number of alkyl halides is 2. The minimum absolute atomic E-state index is 0.0829. The summed E-state index contributed by atoms with van der Waals surface area (Å²) in [6.07, 6.45) is 2.38. The number of amides is 1. The first-order valence-electron chi connectivity index (χ1n) is 5.60. The largest absolute Gasteiger partial charge is 0.404 e. The molecule has 0 spiro atoms. The van der Waals surface area contributed by atoms with Gasteiger partial charge in [-0.3, -0.25) is 4.79 Å².